The van der Waals surface area contributed by atoms with E-state index in [1.165, 1.54) is 25.1 Å². The lowest BCUT2D eigenvalue weighted by Gasteiger charge is -2.15. The molecule has 0 aromatic heterocycles. The highest BCUT2D eigenvalue weighted by Gasteiger charge is 2.18. The van der Waals surface area contributed by atoms with Gasteiger partial charge in [0, 0.05) is 22.9 Å². The number of para-hydroxylation sites is 1. The molecule has 1 unspecified atom stereocenters. The Morgan fingerprint density at radius 1 is 0.931 bits per heavy atom. The largest absolute Gasteiger partial charge is 0.449 e. The van der Waals surface area contributed by atoms with Gasteiger partial charge in [0.15, 0.2) is 6.10 Å². The average Bonchev–Trinajstić information content (AvgIpc) is 2.74. The summed E-state index contributed by atoms with van der Waals surface area (Å²) in [6, 6.07) is 23.1. The van der Waals surface area contributed by atoms with Gasteiger partial charge in [-0.1, -0.05) is 66.7 Å². The zero-order chi connectivity index (χ0) is 20.6. The van der Waals surface area contributed by atoms with Gasteiger partial charge in [0.1, 0.15) is 5.82 Å². The first-order valence-electron chi connectivity index (χ1n) is 9.13. The number of esters is 1. The minimum Gasteiger partial charge on any atom is -0.449 e. The van der Waals surface area contributed by atoms with Gasteiger partial charge in [-0.25, -0.2) is 9.18 Å². The van der Waals surface area contributed by atoms with Crippen molar-refractivity contribution in [3.05, 3.63) is 96.3 Å². The van der Waals surface area contributed by atoms with Crippen LogP contribution in [0.4, 0.5) is 10.1 Å². The average molecular weight is 389 g/mol. The molecule has 4 nitrogen and oxygen atoms in total. The highest BCUT2D eigenvalue weighted by atomic mass is 19.1. The third kappa shape index (κ3) is 5.39. The van der Waals surface area contributed by atoms with Crippen LogP contribution in [0.3, 0.4) is 0 Å². The van der Waals surface area contributed by atoms with Gasteiger partial charge in [0.25, 0.3) is 5.91 Å². The van der Waals surface area contributed by atoms with E-state index in [4.69, 9.17) is 4.74 Å². The number of ether oxygens (including phenoxy) is 1. The third-order valence-corrected chi connectivity index (χ3v) is 4.24. The predicted octanol–water partition coefficient (Wildman–Crippen LogP) is 5.08. The van der Waals surface area contributed by atoms with Crippen molar-refractivity contribution < 1.29 is 18.7 Å². The standard InChI is InChI=1S/C24H20FNO3/c1-17(29-23(27)16-15-19-11-5-7-13-21(19)25)24(28)26-22-14-8-6-12-20(22)18-9-3-2-4-10-18/h2-17H,1H3,(H,26,28)/b16-15+. The van der Waals surface area contributed by atoms with Crippen LogP contribution >= 0.6 is 0 Å². The van der Waals surface area contributed by atoms with Crippen molar-refractivity contribution in [3.63, 3.8) is 0 Å². The van der Waals surface area contributed by atoms with E-state index in [0.717, 1.165) is 17.2 Å². The molecule has 0 saturated carbocycles. The number of carbonyl (C=O) groups excluding carboxylic acids is 2. The maximum atomic E-state index is 13.6. The van der Waals surface area contributed by atoms with Crippen molar-refractivity contribution >= 4 is 23.6 Å². The van der Waals surface area contributed by atoms with E-state index in [1.807, 2.05) is 48.5 Å². The fourth-order valence-corrected chi connectivity index (χ4v) is 2.73. The fraction of sp³-hybridized carbons (Fsp3) is 0.0833. The Morgan fingerprint density at radius 2 is 1.59 bits per heavy atom. The number of hydrogen-bond acceptors (Lipinski definition) is 3. The summed E-state index contributed by atoms with van der Waals surface area (Å²) < 4.78 is 18.7. The Bertz CT molecular complexity index is 1030. The number of halogens is 1. The van der Waals surface area contributed by atoms with Gasteiger partial charge in [0.2, 0.25) is 0 Å². The lowest BCUT2D eigenvalue weighted by Crippen LogP contribution is -2.29. The summed E-state index contributed by atoms with van der Waals surface area (Å²) in [7, 11) is 0. The molecule has 3 aromatic carbocycles. The van der Waals surface area contributed by atoms with Gasteiger partial charge >= 0.3 is 5.97 Å². The minimum absolute atomic E-state index is 0.262. The Labute approximate surface area is 168 Å². The van der Waals surface area contributed by atoms with Crippen LogP contribution in [0, 0.1) is 5.82 Å². The summed E-state index contributed by atoms with van der Waals surface area (Å²) in [5.41, 5.74) is 2.70. The molecule has 0 heterocycles. The fourth-order valence-electron chi connectivity index (χ4n) is 2.73. The highest BCUT2D eigenvalue weighted by molar-refractivity contribution is 5.99. The molecule has 0 spiro atoms. The smallest absolute Gasteiger partial charge is 0.331 e. The van der Waals surface area contributed by atoms with Crippen LogP contribution in [0.15, 0.2) is 84.9 Å². The molecule has 146 valence electrons. The number of nitrogens with one attached hydrogen (secondary N) is 1. The number of rotatable bonds is 6. The minimum atomic E-state index is -1.02. The molecule has 3 rings (SSSR count). The molecule has 0 aliphatic rings. The molecule has 1 amide bonds. The predicted molar refractivity (Wildman–Crippen MR) is 111 cm³/mol. The van der Waals surface area contributed by atoms with Gasteiger partial charge < -0.3 is 10.1 Å². The molecule has 0 fully saturated rings. The van der Waals surface area contributed by atoms with Gasteiger partial charge in [-0.3, -0.25) is 4.79 Å². The van der Waals surface area contributed by atoms with Crippen molar-refractivity contribution in [2.24, 2.45) is 0 Å². The van der Waals surface area contributed by atoms with Crippen molar-refractivity contribution in [3.8, 4) is 11.1 Å². The van der Waals surface area contributed by atoms with Gasteiger partial charge in [0.05, 0.1) is 0 Å². The lowest BCUT2D eigenvalue weighted by molar-refractivity contribution is -0.148. The third-order valence-electron chi connectivity index (χ3n) is 4.24. The van der Waals surface area contributed by atoms with Crippen LogP contribution in [0.25, 0.3) is 17.2 Å². The number of amides is 1. The second-order valence-corrected chi connectivity index (χ2v) is 6.33. The Hall–Kier alpha value is -3.73. The van der Waals surface area contributed by atoms with Crippen LogP contribution in [0.5, 0.6) is 0 Å². The zero-order valence-electron chi connectivity index (χ0n) is 15.8. The molecule has 0 bridgehead atoms. The molecule has 29 heavy (non-hydrogen) atoms. The summed E-state index contributed by atoms with van der Waals surface area (Å²) >= 11 is 0. The monoisotopic (exact) mass is 389 g/mol. The van der Waals surface area contributed by atoms with Crippen LogP contribution in [0.1, 0.15) is 12.5 Å². The molecule has 1 N–H and O–H groups in total. The van der Waals surface area contributed by atoms with Crippen LogP contribution < -0.4 is 5.32 Å². The first-order valence-corrected chi connectivity index (χ1v) is 9.13. The highest BCUT2D eigenvalue weighted by Crippen LogP contribution is 2.27. The molecule has 1 atom stereocenters. The molecule has 0 radical (unpaired) electrons. The molecular formula is C24H20FNO3. The second-order valence-electron chi connectivity index (χ2n) is 6.33. The number of hydrogen-bond donors (Lipinski definition) is 1. The first kappa shape index (κ1) is 20.0. The van der Waals surface area contributed by atoms with Gasteiger partial charge in [-0.2, -0.15) is 0 Å². The SMILES string of the molecule is CC(OC(=O)/C=C/c1ccccc1F)C(=O)Nc1ccccc1-c1ccccc1. The van der Waals surface area contributed by atoms with Crippen LogP contribution in [-0.4, -0.2) is 18.0 Å². The Kier molecular flexibility index (Phi) is 6.53. The number of carbonyl (C=O) groups is 2. The van der Waals surface area contributed by atoms with E-state index in [9.17, 15) is 14.0 Å². The first-order chi connectivity index (χ1) is 14.0. The van der Waals surface area contributed by atoms with Crippen LogP contribution in [0.2, 0.25) is 0 Å². The number of benzene rings is 3. The normalized spacial score (nSPS) is 11.8. The molecular weight excluding hydrogens is 369 g/mol. The van der Waals surface area contributed by atoms with Gasteiger partial charge in [-0.15, -0.1) is 0 Å². The summed E-state index contributed by atoms with van der Waals surface area (Å²) in [5, 5.41) is 2.80. The Morgan fingerprint density at radius 3 is 2.34 bits per heavy atom. The molecule has 0 aliphatic carbocycles. The number of anilines is 1. The van der Waals surface area contributed by atoms with E-state index in [0.29, 0.717) is 5.69 Å². The summed E-state index contributed by atoms with van der Waals surface area (Å²) in [5.74, 6) is -1.63. The van der Waals surface area contributed by atoms with E-state index in [2.05, 4.69) is 5.32 Å². The molecule has 3 aromatic rings. The van der Waals surface area contributed by atoms with Crippen LogP contribution in [-0.2, 0) is 14.3 Å². The topological polar surface area (TPSA) is 55.4 Å². The van der Waals surface area contributed by atoms with E-state index in [1.54, 1.807) is 18.2 Å². The summed E-state index contributed by atoms with van der Waals surface area (Å²) in [4.78, 5) is 24.5. The maximum absolute atomic E-state index is 13.6. The zero-order valence-corrected chi connectivity index (χ0v) is 15.8. The quantitative estimate of drug-likeness (QED) is 0.473. The maximum Gasteiger partial charge on any atom is 0.331 e. The van der Waals surface area contributed by atoms with Crippen molar-refractivity contribution in [2.45, 2.75) is 13.0 Å². The molecule has 0 aliphatic heterocycles. The van der Waals surface area contributed by atoms with E-state index in [-0.39, 0.29) is 5.56 Å². The Balaban J connectivity index is 1.64. The van der Waals surface area contributed by atoms with Crippen molar-refractivity contribution in [1.29, 1.82) is 0 Å². The van der Waals surface area contributed by atoms with Crippen molar-refractivity contribution in [2.75, 3.05) is 5.32 Å². The summed E-state index contributed by atoms with van der Waals surface area (Å²) in [6.45, 7) is 1.48. The van der Waals surface area contributed by atoms with Gasteiger partial charge in [-0.05, 0) is 30.7 Å². The van der Waals surface area contributed by atoms with E-state index >= 15 is 0 Å². The molecule has 5 heteroatoms. The van der Waals surface area contributed by atoms with Crippen molar-refractivity contribution in [1.82, 2.24) is 0 Å². The van der Waals surface area contributed by atoms with E-state index < -0.39 is 23.8 Å². The second kappa shape index (κ2) is 9.46. The lowest BCUT2D eigenvalue weighted by atomic mass is 10.0. The summed E-state index contributed by atoms with van der Waals surface area (Å²) in [6.07, 6.45) is 1.39. The molecule has 0 saturated heterocycles.